The molecule has 0 fully saturated rings. The number of ether oxygens (including phenoxy) is 1. The second-order valence-corrected chi connectivity index (χ2v) is 4.47. The number of carbonyl (C=O) groups excluding carboxylic acids is 1. The molecule has 0 spiro atoms. The molecule has 1 unspecified atom stereocenters. The van der Waals surface area contributed by atoms with Crippen LogP contribution in [0.1, 0.15) is 39.2 Å². The van der Waals surface area contributed by atoms with Crippen molar-refractivity contribution in [2.75, 3.05) is 0 Å². The molecule has 0 amide bonds. The van der Waals surface area contributed by atoms with E-state index < -0.39 is 0 Å². The van der Waals surface area contributed by atoms with Gasteiger partial charge in [0, 0.05) is 12.8 Å². The average Bonchev–Trinajstić information content (AvgIpc) is 2.29. The third-order valence-electron chi connectivity index (χ3n) is 2.20. The molecule has 1 atom stereocenters. The summed E-state index contributed by atoms with van der Waals surface area (Å²) in [5, 5.41) is 0. The molecule has 1 aromatic rings. The van der Waals surface area contributed by atoms with E-state index in [2.05, 4.69) is 25.6 Å². The number of esters is 1. The van der Waals surface area contributed by atoms with E-state index in [1.165, 1.54) is 5.56 Å². The van der Waals surface area contributed by atoms with Gasteiger partial charge in [0.1, 0.15) is 6.10 Å². The molecule has 0 aliphatic carbocycles. The lowest BCUT2D eigenvalue weighted by atomic mass is 10.2. The Labute approximate surface area is 111 Å². The Morgan fingerprint density at radius 2 is 1.89 bits per heavy atom. The zero-order valence-corrected chi connectivity index (χ0v) is 11.9. The van der Waals surface area contributed by atoms with E-state index in [4.69, 9.17) is 4.74 Å². The highest BCUT2D eigenvalue weighted by molar-refractivity contribution is 5.69. The second kappa shape index (κ2) is 9.46. The number of hydrogen-bond donors (Lipinski definition) is 0. The molecule has 0 aliphatic heterocycles. The van der Waals surface area contributed by atoms with Crippen molar-refractivity contribution in [2.45, 2.75) is 46.6 Å². The predicted molar refractivity (Wildman–Crippen MR) is 76.5 cm³/mol. The molecule has 1 rings (SSSR count). The highest BCUT2D eigenvalue weighted by Gasteiger charge is 2.06. The topological polar surface area (TPSA) is 26.3 Å². The average molecular weight is 248 g/mol. The first-order chi connectivity index (χ1) is 8.45. The third kappa shape index (κ3) is 9.64. The van der Waals surface area contributed by atoms with Crippen LogP contribution in [0.2, 0.25) is 0 Å². The maximum Gasteiger partial charge on any atom is 0.305 e. The molecule has 0 bridgehead atoms. The summed E-state index contributed by atoms with van der Waals surface area (Å²) in [4.78, 5) is 10.8. The van der Waals surface area contributed by atoms with E-state index in [0.717, 1.165) is 12.0 Å². The fraction of sp³-hybridized carbons (Fsp3) is 0.438. The molecule has 0 saturated carbocycles. The molecule has 0 aromatic heterocycles. The summed E-state index contributed by atoms with van der Waals surface area (Å²) in [6, 6.07) is 10.3. The molecular weight excluding hydrogens is 224 g/mol. The molecule has 2 nitrogen and oxygen atoms in total. The van der Waals surface area contributed by atoms with Crippen LogP contribution in [0.15, 0.2) is 42.5 Å². The lowest BCUT2D eigenvalue weighted by Crippen LogP contribution is -2.13. The summed E-state index contributed by atoms with van der Waals surface area (Å²) in [5.41, 5.74) is 2.36. The van der Waals surface area contributed by atoms with E-state index in [-0.39, 0.29) is 12.1 Å². The Morgan fingerprint density at radius 1 is 1.33 bits per heavy atom. The number of benzene rings is 1. The van der Waals surface area contributed by atoms with Crippen molar-refractivity contribution in [1.29, 1.82) is 0 Å². The second-order valence-electron chi connectivity index (χ2n) is 4.47. The summed E-state index contributed by atoms with van der Waals surface area (Å²) >= 11 is 0. The highest BCUT2D eigenvalue weighted by atomic mass is 16.5. The van der Waals surface area contributed by atoms with Gasteiger partial charge in [-0.05, 0) is 20.8 Å². The maximum absolute atomic E-state index is 10.8. The van der Waals surface area contributed by atoms with Crippen LogP contribution in [-0.4, -0.2) is 12.1 Å². The van der Waals surface area contributed by atoms with E-state index in [1.54, 1.807) is 6.92 Å². The smallest absolute Gasteiger partial charge is 0.305 e. The Bertz CT molecular complexity index is 355. The Balaban J connectivity index is 0.000000351. The molecule has 0 N–H and O–H groups in total. The van der Waals surface area contributed by atoms with Gasteiger partial charge in [-0.3, -0.25) is 4.79 Å². The van der Waals surface area contributed by atoms with Crippen molar-refractivity contribution in [3.63, 3.8) is 0 Å². The van der Waals surface area contributed by atoms with Crippen molar-refractivity contribution < 1.29 is 9.53 Å². The Hall–Kier alpha value is -1.57. The quantitative estimate of drug-likeness (QED) is 0.587. The first-order valence-corrected chi connectivity index (χ1v) is 6.31. The molecule has 0 saturated heterocycles. The largest absolute Gasteiger partial charge is 0.462 e. The van der Waals surface area contributed by atoms with Gasteiger partial charge in [0.2, 0.25) is 0 Å². The van der Waals surface area contributed by atoms with Crippen molar-refractivity contribution in [2.24, 2.45) is 0 Å². The van der Waals surface area contributed by atoms with Gasteiger partial charge < -0.3 is 4.74 Å². The van der Waals surface area contributed by atoms with Crippen LogP contribution in [-0.2, 0) is 9.53 Å². The van der Waals surface area contributed by atoms with Crippen molar-refractivity contribution in [1.82, 2.24) is 0 Å². The molecule has 0 radical (unpaired) electrons. The van der Waals surface area contributed by atoms with E-state index in [1.807, 2.05) is 32.0 Å². The van der Waals surface area contributed by atoms with E-state index in [9.17, 15) is 4.79 Å². The molecule has 0 aliphatic rings. The maximum atomic E-state index is 10.8. The normalized spacial score (nSPS) is 10.9. The highest BCUT2D eigenvalue weighted by Crippen LogP contribution is 2.05. The summed E-state index contributed by atoms with van der Waals surface area (Å²) in [6.07, 6.45) is 1.17. The van der Waals surface area contributed by atoms with Gasteiger partial charge in [0.15, 0.2) is 0 Å². The zero-order valence-electron chi connectivity index (χ0n) is 11.9. The van der Waals surface area contributed by atoms with Crippen LogP contribution >= 0.6 is 0 Å². The summed E-state index contributed by atoms with van der Waals surface area (Å²) in [7, 11) is 0. The van der Waals surface area contributed by atoms with Gasteiger partial charge in [-0.1, -0.05) is 48.4 Å². The zero-order chi connectivity index (χ0) is 14.0. The third-order valence-corrected chi connectivity index (χ3v) is 2.20. The van der Waals surface area contributed by atoms with Gasteiger partial charge in [0.25, 0.3) is 0 Å². The van der Waals surface area contributed by atoms with Gasteiger partial charge in [0.05, 0.1) is 0 Å². The fourth-order valence-corrected chi connectivity index (χ4v) is 1.37. The molecule has 100 valence electrons. The fourth-order valence-electron chi connectivity index (χ4n) is 1.37. The predicted octanol–water partition coefficient (Wildman–Crippen LogP) is 4.29. The lowest BCUT2D eigenvalue weighted by molar-refractivity contribution is -0.147. The summed E-state index contributed by atoms with van der Waals surface area (Å²) in [5.74, 6) is -0.140. The van der Waals surface area contributed by atoms with Gasteiger partial charge in [-0.25, -0.2) is 0 Å². The minimum atomic E-state index is -0.140. The van der Waals surface area contributed by atoms with Crippen molar-refractivity contribution in [3.8, 4) is 0 Å². The Kier molecular flexibility index (Phi) is 8.63. The van der Waals surface area contributed by atoms with Crippen LogP contribution in [0.4, 0.5) is 0 Å². The molecule has 2 heteroatoms. The van der Waals surface area contributed by atoms with Gasteiger partial charge in [-0.2, -0.15) is 0 Å². The van der Waals surface area contributed by atoms with Crippen LogP contribution in [0, 0.1) is 6.92 Å². The Morgan fingerprint density at radius 3 is 2.22 bits per heavy atom. The molecule has 1 aromatic carbocycles. The van der Waals surface area contributed by atoms with Gasteiger partial charge in [-0.15, -0.1) is 6.58 Å². The van der Waals surface area contributed by atoms with Crippen LogP contribution in [0.5, 0.6) is 0 Å². The van der Waals surface area contributed by atoms with E-state index in [0.29, 0.717) is 6.42 Å². The lowest BCUT2D eigenvalue weighted by Gasteiger charge is -2.11. The van der Waals surface area contributed by atoms with E-state index >= 15 is 0 Å². The number of carbonyl (C=O) groups is 1. The summed E-state index contributed by atoms with van der Waals surface area (Å²) in [6.45, 7) is 11.4. The standard InChI is InChI=1S/C9H16O2.C7H8/c1-5-9(10)11-8(4)6-7(2)3;1-7-5-3-2-4-6-7/h8H,2,5-6H2,1,3-4H3;2-6H,1H3. The first kappa shape index (κ1) is 16.4. The summed E-state index contributed by atoms with van der Waals surface area (Å²) < 4.78 is 5.01. The number of hydrogen-bond acceptors (Lipinski definition) is 2. The van der Waals surface area contributed by atoms with Crippen LogP contribution in [0.3, 0.4) is 0 Å². The molecular formula is C16H24O2. The minimum Gasteiger partial charge on any atom is -0.462 e. The molecule has 18 heavy (non-hydrogen) atoms. The molecule has 0 heterocycles. The van der Waals surface area contributed by atoms with Crippen LogP contribution in [0.25, 0.3) is 0 Å². The number of rotatable bonds is 4. The number of aryl methyl sites for hydroxylation is 1. The van der Waals surface area contributed by atoms with Crippen molar-refractivity contribution in [3.05, 3.63) is 48.0 Å². The monoisotopic (exact) mass is 248 g/mol. The SMILES string of the molecule is C=C(C)CC(C)OC(=O)CC.Cc1ccccc1. The van der Waals surface area contributed by atoms with Crippen LogP contribution < -0.4 is 0 Å². The van der Waals surface area contributed by atoms with Gasteiger partial charge >= 0.3 is 5.97 Å². The minimum absolute atomic E-state index is 0.0278. The first-order valence-electron chi connectivity index (χ1n) is 6.31. The van der Waals surface area contributed by atoms with Crippen molar-refractivity contribution >= 4 is 5.97 Å².